The van der Waals surface area contributed by atoms with E-state index in [0.717, 1.165) is 0 Å². The Morgan fingerprint density at radius 3 is 2.86 bits per heavy atom. The number of nitrogens with one attached hydrogen (secondary N) is 2. The van der Waals surface area contributed by atoms with Gasteiger partial charge in [0.15, 0.2) is 11.5 Å². The molecule has 1 aromatic heterocycles. The molecule has 1 amide bonds. The fourth-order valence-electron chi connectivity index (χ4n) is 2.40. The van der Waals surface area contributed by atoms with Crippen LogP contribution in [0.25, 0.3) is 10.9 Å². The van der Waals surface area contributed by atoms with E-state index in [9.17, 15) is 9.18 Å². The molecule has 0 unspecified atom stereocenters. The molecule has 2 aromatic carbocycles. The fourth-order valence-corrected chi connectivity index (χ4v) is 2.40. The predicted molar refractivity (Wildman–Crippen MR) is 78.8 cm³/mol. The molecule has 0 fully saturated rings. The number of halogens is 1. The van der Waals surface area contributed by atoms with Crippen LogP contribution >= 0.6 is 0 Å². The molecule has 0 atom stereocenters. The lowest BCUT2D eigenvalue weighted by molar-refractivity contribution is 0.102. The maximum absolute atomic E-state index is 13.2. The molecule has 2 N–H and O–H groups in total. The number of aromatic amines is 1. The van der Waals surface area contributed by atoms with Crippen molar-refractivity contribution in [3.8, 4) is 11.5 Å². The third-order valence-corrected chi connectivity index (χ3v) is 3.46. The van der Waals surface area contributed by atoms with Crippen LogP contribution in [0.4, 0.5) is 10.1 Å². The first-order chi connectivity index (χ1) is 10.7. The molecule has 0 radical (unpaired) electrons. The van der Waals surface area contributed by atoms with Crippen molar-refractivity contribution in [1.82, 2.24) is 4.98 Å². The summed E-state index contributed by atoms with van der Waals surface area (Å²) in [5.74, 6) is 0.598. The first-order valence-electron chi connectivity index (χ1n) is 6.68. The normalized spacial score (nSPS) is 12.6. The van der Waals surface area contributed by atoms with Crippen molar-refractivity contribution >= 4 is 22.5 Å². The van der Waals surface area contributed by atoms with Crippen LogP contribution in [0.5, 0.6) is 11.5 Å². The first-order valence-corrected chi connectivity index (χ1v) is 6.68. The lowest BCUT2D eigenvalue weighted by Crippen LogP contribution is -2.12. The number of benzene rings is 2. The number of carbonyl (C=O) groups excluding carboxylic acids is 1. The van der Waals surface area contributed by atoms with Gasteiger partial charge in [-0.2, -0.15) is 0 Å². The van der Waals surface area contributed by atoms with Crippen molar-refractivity contribution < 1.29 is 18.7 Å². The lowest BCUT2D eigenvalue weighted by atomic mass is 10.2. The van der Waals surface area contributed by atoms with Gasteiger partial charge in [-0.1, -0.05) is 0 Å². The third-order valence-electron chi connectivity index (χ3n) is 3.46. The summed E-state index contributed by atoms with van der Waals surface area (Å²) in [6, 6.07) is 11.1. The molecule has 0 spiro atoms. The van der Waals surface area contributed by atoms with Gasteiger partial charge >= 0.3 is 0 Å². The van der Waals surface area contributed by atoms with Crippen molar-refractivity contribution in [3.63, 3.8) is 0 Å². The van der Waals surface area contributed by atoms with E-state index in [2.05, 4.69) is 10.3 Å². The maximum Gasteiger partial charge on any atom is 0.272 e. The number of amides is 1. The summed E-state index contributed by atoms with van der Waals surface area (Å²) in [6.45, 7) is 0.181. The largest absolute Gasteiger partial charge is 0.454 e. The quantitative estimate of drug-likeness (QED) is 0.763. The number of H-pyrrole nitrogens is 1. The highest BCUT2D eigenvalue weighted by Crippen LogP contribution is 2.34. The number of hydrogen-bond donors (Lipinski definition) is 2. The van der Waals surface area contributed by atoms with Gasteiger partial charge in [-0.15, -0.1) is 0 Å². The molecule has 0 saturated heterocycles. The maximum atomic E-state index is 13.2. The summed E-state index contributed by atoms with van der Waals surface area (Å²) in [6.07, 6.45) is 0. The Kier molecular flexibility index (Phi) is 2.75. The van der Waals surface area contributed by atoms with Gasteiger partial charge in [-0.3, -0.25) is 4.79 Å². The van der Waals surface area contributed by atoms with Gasteiger partial charge in [-0.05, 0) is 36.4 Å². The summed E-state index contributed by atoms with van der Waals surface area (Å²) >= 11 is 0. The predicted octanol–water partition coefficient (Wildman–Crippen LogP) is 3.29. The topological polar surface area (TPSA) is 63.4 Å². The molecular weight excluding hydrogens is 287 g/mol. The SMILES string of the molecule is O=C(Nc1ccc2c(c1)OCO2)c1cc2cc(F)ccc2[nH]1. The highest BCUT2D eigenvalue weighted by Gasteiger charge is 2.15. The summed E-state index contributed by atoms with van der Waals surface area (Å²) in [7, 11) is 0. The monoisotopic (exact) mass is 298 g/mol. The van der Waals surface area contributed by atoms with Crippen LogP contribution in [-0.2, 0) is 0 Å². The second kappa shape index (κ2) is 4.77. The molecule has 0 aliphatic carbocycles. The molecule has 4 rings (SSSR count). The van der Waals surface area contributed by atoms with Gasteiger partial charge in [0.2, 0.25) is 6.79 Å². The molecule has 5 nitrogen and oxygen atoms in total. The summed E-state index contributed by atoms with van der Waals surface area (Å²) in [4.78, 5) is 15.2. The lowest BCUT2D eigenvalue weighted by Gasteiger charge is -2.04. The molecule has 110 valence electrons. The van der Waals surface area contributed by atoms with E-state index in [1.165, 1.54) is 12.1 Å². The van der Waals surface area contributed by atoms with E-state index >= 15 is 0 Å². The fraction of sp³-hybridized carbons (Fsp3) is 0.0625. The average molecular weight is 298 g/mol. The number of carbonyl (C=O) groups is 1. The van der Waals surface area contributed by atoms with E-state index in [4.69, 9.17) is 9.47 Å². The molecule has 2 heterocycles. The smallest absolute Gasteiger partial charge is 0.272 e. The number of hydrogen-bond acceptors (Lipinski definition) is 3. The molecule has 3 aromatic rings. The van der Waals surface area contributed by atoms with Gasteiger partial charge in [0.25, 0.3) is 5.91 Å². The second-order valence-electron chi connectivity index (χ2n) is 4.94. The van der Waals surface area contributed by atoms with Crippen LogP contribution < -0.4 is 14.8 Å². The van der Waals surface area contributed by atoms with E-state index in [1.54, 1.807) is 30.3 Å². The van der Waals surface area contributed by atoms with Gasteiger partial charge < -0.3 is 19.8 Å². The van der Waals surface area contributed by atoms with Crippen LogP contribution in [0.15, 0.2) is 42.5 Å². The number of rotatable bonds is 2. The summed E-state index contributed by atoms with van der Waals surface area (Å²) in [5.41, 5.74) is 1.66. The number of aromatic nitrogens is 1. The van der Waals surface area contributed by atoms with Gasteiger partial charge in [0.1, 0.15) is 11.5 Å². The van der Waals surface area contributed by atoms with Gasteiger partial charge in [0.05, 0.1) is 0 Å². The second-order valence-corrected chi connectivity index (χ2v) is 4.94. The zero-order chi connectivity index (χ0) is 15.1. The minimum absolute atomic E-state index is 0.181. The van der Waals surface area contributed by atoms with Crippen molar-refractivity contribution in [2.24, 2.45) is 0 Å². The molecule has 6 heteroatoms. The molecule has 1 aliphatic rings. The Bertz CT molecular complexity index is 888. The molecule has 0 saturated carbocycles. The van der Waals surface area contributed by atoms with Crippen LogP contribution in [-0.4, -0.2) is 17.7 Å². The third kappa shape index (κ3) is 2.14. The minimum atomic E-state index is -0.339. The summed E-state index contributed by atoms with van der Waals surface area (Å²) in [5, 5.41) is 3.41. The van der Waals surface area contributed by atoms with Gasteiger partial charge in [-0.25, -0.2) is 4.39 Å². The molecular formula is C16H11FN2O3. The number of anilines is 1. The minimum Gasteiger partial charge on any atom is -0.454 e. The van der Waals surface area contributed by atoms with Crippen molar-refractivity contribution in [2.45, 2.75) is 0 Å². The first kappa shape index (κ1) is 12.7. The Hall–Kier alpha value is -3.02. The van der Waals surface area contributed by atoms with Crippen molar-refractivity contribution in [2.75, 3.05) is 12.1 Å². The van der Waals surface area contributed by atoms with E-state index in [0.29, 0.717) is 33.8 Å². The molecule has 1 aliphatic heterocycles. The Morgan fingerprint density at radius 2 is 1.95 bits per heavy atom. The number of fused-ring (bicyclic) bond motifs is 2. The Labute approximate surface area is 124 Å². The van der Waals surface area contributed by atoms with E-state index in [-0.39, 0.29) is 18.5 Å². The van der Waals surface area contributed by atoms with Crippen LogP contribution in [0, 0.1) is 5.82 Å². The highest BCUT2D eigenvalue weighted by atomic mass is 19.1. The van der Waals surface area contributed by atoms with E-state index in [1.807, 2.05) is 0 Å². The zero-order valence-electron chi connectivity index (χ0n) is 11.4. The Balaban J connectivity index is 1.60. The zero-order valence-corrected chi connectivity index (χ0v) is 11.4. The standard InChI is InChI=1S/C16H11FN2O3/c17-10-1-3-12-9(5-10)6-13(19-12)16(20)18-11-2-4-14-15(7-11)22-8-21-14/h1-7,19H,8H2,(H,18,20). The van der Waals surface area contributed by atoms with Crippen molar-refractivity contribution in [1.29, 1.82) is 0 Å². The van der Waals surface area contributed by atoms with E-state index < -0.39 is 0 Å². The molecule has 22 heavy (non-hydrogen) atoms. The molecule has 0 bridgehead atoms. The van der Waals surface area contributed by atoms with Crippen LogP contribution in [0.2, 0.25) is 0 Å². The average Bonchev–Trinajstić information content (AvgIpc) is 3.12. The number of ether oxygens (including phenoxy) is 2. The Morgan fingerprint density at radius 1 is 1.09 bits per heavy atom. The van der Waals surface area contributed by atoms with Gasteiger partial charge in [0, 0.05) is 22.7 Å². The van der Waals surface area contributed by atoms with Crippen molar-refractivity contribution in [3.05, 3.63) is 54.0 Å². The highest BCUT2D eigenvalue weighted by molar-refractivity contribution is 6.06. The summed E-state index contributed by atoms with van der Waals surface area (Å²) < 4.78 is 23.7. The van der Waals surface area contributed by atoms with Crippen LogP contribution in [0.1, 0.15) is 10.5 Å². The van der Waals surface area contributed by atoms with Crippen LogP contribution in [0.3, 0.4) is 0 Å².